The van der Waals surface area contributed by atoms with Crippen LogP contribution in [0.1, 0.15) is 64.7 Å². The molecule has 7 heteroatoms. The Bertz CT molecular complexity index is 812. The molecule has 0 amide bonds. The van der Waals surface area contributed by atoms with E-state index in [0.29, 0.717) is 38.7 Å². The van der Waals surface area contributed by atoms with E-state index in [1.165, 1.54) is 6.21 Å². The van der Waals surface area contributed by atoms with Gasteiger partial charge in [0.25, 0.3) is 0 Å². The molecular weight excluding hydrogens is 386 g/mol. The molecule has 6 unspecified atom stereocenters. The molecule has 4 N–H and O–H groups in total. The molecule has 0 bridgehead atoms. The second kappa shape index (κ2) is 6.53. The molecule has 4 aliphatic carbocycles. The summed E-state index contributed by atoms with van der Waals surface area (Å²) in [6, 6.07) is 0. The van der Waals surface area contributed by atoms with Crippen LogP contribution in [0.25, 0.3) is 0 Å². The largest absolute Gasteiger partial charge is 0.458 e. The van der Waals surface area contributed by atoms with Crippen LogP contribution in [-0.4, -0.2) is 56.6 Å². The minimum atomic E-state index is -1.12. The number of fused-ring (bicyclic) bond motifs is 5. The zero-order valence-corrected chi connectivity index (χ0v) is 17.6. The summed E-state index contributed by atoms with van der Waals surface area (Å²) >= 11 is 0. The Balaban J connectivity index is 1.53. The van der Waals surface area contributed by atoms with E-state index in [9.17, 15) is 25.3 Å². The van der Waals surface area contributed by atoms with Gasteiger partial charge in [0.05, 0.1) is 23.5 Å². The van der Waals surface area contributed by atoms with E-state index in [-0.39, 0.29) is 35.6 Å². The van der Waals surface area contributed by atoms with Crippen LogP contribution in [0.2, 0.25) is 0 Å². The van der Waals surface area contributed by atoms with Crippen molar-refractivity contribution in [1.82, 2.24) is 0 Å². The van der Waals surface area contributed by atoms with E-state index < -0.39 is 22.7 Å². The molecule has 0 aromatic carbocycles. The first kappa shape index (κ1) is 20.5. The van der Waals surface area contributed by atoms with Gasteiger partial charge in [0.2, 0.25) is 0 Å². The topological polar surface area (TPSA) is 120 Å². The molecule has 1 aliphatic heterocycles. The summed E-state index contributed by atoms with van der Waals surface area (Å²) in [7, 11) is 0. The molecule has 8 atom stereocenters. The van der Waals surface area contributed by atoms with E-state index in [1.807, 2.05) is 0 Å². The van der Waals surface area contributed by atoms with Crippen LogP contribution in [0, 0.1) is 28.6 Å². The molecule has 0 spiro atoms. The van der Waals surface area contributed by atoms with Crippen LogP contribution in [0.15, 0.2) is 16.8 Å². The number of cyclic esters (lactones) is 1. The second-order valence-electron chi connectivity index (χ2n) is 10.8. The minimum Gasteiger partial charge on any atom is -0.458 e. The van der Waals surface area contributed by atoms with Crippen molar-refractivity contribution in [2.24, 2.45) is 33.7 Å². The summed E-state index contributed by atoms with van der Waals surface area (Å²) in [6.45, 7) is 2.48. The SMILES string of the molecule is CC12CC[C@H]3[C@@H](CCC4(O)CC(O)CCC34C=NO)C1(O)CCC2C1=CC(=O)OC1. The standard InChI is InChI=1S/C23H33NO6/c1-20-6-3-17-18(23(20,28)9-5-16(20)14-10-19(26)30-12-14)4-8-22(27)11-15(25)2-7-21(17,22)13-24-29/h10,13,15-18,25,27-29H,2-9,11-12H2,1H3/t15?,16?,17-,18+,20?,21?,22?,23?/m0/s1. The number of rotatable bonds is 2. The van der Waals surface area contributed by atoms with Gasteiger partial charge < -0.3 is 25.3 Å². The average Bonchev–Trinajstić information content (AvgIpc) is 3.23. The van der Waals surface area contributed by atoms with Crippen LogP contribution in [0.4, 0.5) is 0 Å². The molecular formula is C23H33NO6. The fraction of sp³-hybridized carbons (Fsp3) is 0.826. The number of oxime groups is 1. The molecule has 5 aliphatic rings. The number of carbonyl (C=O) groups excluding carboxylic acids is 1. The summed E-state index contributed by atoms with van der Waals surface area (Å²) in [5.41, 5.74) is -2.11. The van der Waals surface area contributed by atoms with Gasteiger partial charge in [0.1, 0.15) is 6.61 Å². The van der Waals surface area contributed by atoms with E-state index >= 15 is 0 Å². The molecule has 0 aromatic heterocycles. The highest BCUT2D eigenvalue weighted by atomic mass is 16.5. The van der Waals surface area contributed by atoms with Gasteiger partial charge in [-0.3, -0.25) is 0 Å². The van der Waals surface area contributed by atoms with Gasteiger partial charge in [-0.15, -0.1) is 5.16 Å². The van der Waals surface area contributed by atoms with Gasteiger partial charge in [0, 0.05) is 23.3 Å². The summed E-state index contributed by atoms with van der Waals surface area (Å²) in [5, 5.41) is 47.0. The van der Waals surface area contributed by atoms with E-state index in [1.54, 1.807) is 6.08 Å². The highest BCUT2D eigenvalue weighted by Gasteiger charge is 2.71. The molecule has 4 fully saturated rings. The Morgan fingerprint density at radius 3 is 2.57 bits per heavy atom. The first-order valence-corrected chi connectivity index (χ1v) is 11.4. The Hall–Kier alpha value is -1.44. The Labute approximate surface area is 176 Å². The van der Waals surface area contributed by atoms with Crippen LogP contribution in [0.3, 0.4) is 0 Å². The summed E-state index contributed by atoms with van der Waals surface area (Å²) in [6.07, 6.45) is 8.20. The molecule has 30 heavy (non-hydrogen) atoms. The maximum absolute atomic E-state index is 12.2. The second-order valence-corrected chi connectivity index (χ2v) is 10.8. The molecule has 0 saturated heterocycles. The smallest absolute Gasteiger partial charge is 0.331 e. The lowest BCUT2D eigenvalue weighted by atomic mass is 9.41. The lowest BCUT2D eigenvalue weighted by Crippen LogP contribution is -2.68. The van der Waals surface area contributed by atoms with Gasteiger partial charge in [-0.25, -0.2) is 4.79 Å². The fourth-order valence-corrected chi connectivity index (χ4v) is 8.46. The Morgan fingerprint density at radius 2 is 1.87 bits per heavy atom. The highest BCUT2D eigenvalue weighted by molar-refractivity contribution is 5.85. The quantitative estimate of drug-likeness (QED) is 0.236. The summed E-state index contributed by atoms with van der Waals surface area (Å²) < 4.78 is 5.17. The van der Waals surface area contributed by atoms with E-state index in [4.69, 9.17) is 4.74 Å². The van der Waals surface area contributed by atoms with Crippen molar-refractivity contribution in [2.75, 3.05) is 6.61 Å². The number of carbonyl (C=O) groups is 1. The predicted molar refractivity (Wildman–Crippen MR) is 108 cm³/mol. The molecule has 7 nitrogen and oxygen atoms in total. The molecule has 0 radical (unpaired) electrons. The lowest BCUT2D eigenvalue weighted by molar-refractivity contribution is -0.237. The number of hydrogen-bond acceptors (Lipinski definition) is 7. The maximum atomic E-state index is 12.2. The minimum absolute atomic E-state index is 0.00749. The third kappa shape index (κ3) is 2.43. The molecule has 1 heterocycles. The third-order valence-corrected chi connectivity index (χ3v) is 9.93. The van der Waals surface area contributed by atoms with Gasteiger partial charge >= 0.3 is 5.97 Å². The molecule has 5 rings (SSSR count). The molecule has 166 valence electrons. The van der Waals surface area contributed by atoms with Gasteiger partial charge in [-0.1, -0.05) is 6.92 Å². The monoisotopic (exact) mass is 419 g/mol. The van der Waals surface area contributed by atoms with Crippen molar-refractivity contribution in [1.29, 1.82) is 0 Å². The first-order chi connectivity index (χ1) is 14.2. The van der Waals surface area contributed by atoms with Crippen molar-refractivity contribution >= 4 is 12.2 Å². The number of hydrogen-bond donors (Lipinski definition) is 4. The van der Waals surface area contributed by atoms with Gasteiger partial charge in [-0.05, 0) is 74.7 Å². The number of nitrogens with zero attached hydrogens (tertiary/aromatic N) is 1. The highest BCUT2D eigenvalue weighted by Crippen LogP contribution is 2.70. The number of aliphatic hydroxyl groups excluding tert-OH is 1. The van der Waals surface area contributed by atoms with Crippen molar-refractivity contribution in [3.63, 3.8) is 0 Å². The fourth-order valence-electron chi connectivity index (χ4n) is 8.46. The summed E-state index contributed by atoms with van der Waals surface area (Å²) in [5.74, 6) is -0.203. The Morgan fingerprint density at radius 1 is 1.10 bits per heavy atom. The van der Waals surface area contributed by atoms with Crippen LogP contribution < -0.4 is 0 Å². The molecule has 4 saturated carbocycles. The van der Waals surface area contributed by atoms with Crippen LogP contribution >= 0.6 is 0 Å². The maximum Gasteiger partial charge on any atom is 0.331 e. The first-order valence-electron chi connectivity index (χ1n) is 11.4. The van der Waals surface area contributed by atoms with Crippen molar-refractivity contribution in [3.8, 4) is 0 Å². The lowest BCUT2D eigenvalue weighted by Gasteiger charge is -2.65. The molecule has 0 aromatic rings. The van der Waals surface area contributed by atoms with Crippen molar-refractivity contribution < 1.29 is 30.1 Å². The zero-order valence-electron chi connectivity index (χ0n) is 17.6. The van der Waals surface area contributed by atoms with Gasteiger partial charge in [-0.2, -0.15) is 0 Å². The number of esters is 1. The van der Waals surface area contributed by atoms with Crippen molar-refractivity contribution in [2.45, 2.75) is 82.0 Å². The predicted octanol–water partition coefficient (Wildman–Crippen LogP) is 2.16. The van der Waals surface area contributed by atoms with E-state index in [2.05, 4.69) is 12.1 Å². The zero-order chi connectivity index (χ0) is 21.4. The van der Waals surface area contributed by atoms with Crippen LogP contribution in [0.5, 0.6) is 0 Å². The third-order valence-electron chi connectivity index (χ3n) is 9.93. The van der Waals surface area contributed by atoms with Crippen molar-refractivity contribution in [3.05, 3.63) is 11.6 Å². The van der Waals surface area contributed by atoms with Gasteiger partial charge in [0.15, 0.2) is 0 Å². The summed E-state index contributed by atoms with van der Waals surface area (Å²) in [4.78, 5) is 11.7. The van der Waals surface area contributed by atoms with E-state index in [0.717, 1.165) is 24.8 Å². The Kier molecular flexibility index (Phi) is 4.45. The average molecular weight is 420 g/mol. The number of ether oxygens (including phenoxy) is 1. The number of aliphatic hydroxyl groups is 3. The van der Waals surface area contributed by atoms with Crippen LogP contribution in [-0.2, 0) is 9.53 Å². The normalized spacial score (nSPS) is 53.1.